The third-order valence-corrected chi connectivity index (χ3v) is 5.93. The molecule has 2 heterocycles. The first-order valence-corrected chi connectivity index (χ1v) is 10.6. The summed E-state index contributed by atoms with van der Waals surface area (Å²) in [6.45, 7) is 3.40. The molecule has 1 aromatic heterocycles. The zero-order valence-corrected chi connectivity index (χ0v) is 18.0. The van der Waals surface area contributed by atoms with Gasteiger partial charge >= 0.3 is 13.9 Å². The third kappa shape index (κ3) is 4.39. The standard InChI is InChI=1S/C20H23N2O7P/c1-13-11-14(2)21-17(13)12-16-15-7-5-6-8-18(15)22(19(16)23)20(24)28-9-10-29-30(25,26-3)27-4/h5-8,11-12,21H,9-10H2,1-4H3/b16-12-. The Morgan fingerprint density at radius 2 is 1.87 bits per heavy atom. The second-order valence-corrected chi connectivity index (χ2v) is 8.41. The van der Waals surface area contributed by atoms with Gasteiger partial charge in [0.05, 0.1) is 17.9 Å². The lowest BCUT2D eigenvalue weighted by Crippen LogP contribution is -2.34. The number of phosphoric ester groups is 1. The first kappa shape index (κ1) is 22.0. The number of carbonyl (C=O) groups excluding carboxylic acids is 2. The summed E-state index contributed by atoms with van der Waals surface area (Å²) in [5, 5.41) is 0. The van der Waals surface area contributed by atoms with Crippen LogP contribution in [0, 0.1) is 13.8 Å². The highest BCUT2D eigenvalue weighted by atomic mass is 31.2. The van der Waals surface area contributed by atoms with Gasteiger partial charge < -0.3 is 9.72 Å². The van der Waals surface area contributed by atoms with Crippen LogP contribution in [0.5, 0.6) is 0 Å². The van der Waals surface area contributed by atoms with Crippen LogP contribution in [0.2, 0.25) is 0 Å². The Balaban J connectivity index is 1.78. The summed E-state index contributed by atoms with van der Waals surface area (Å²) in [6, 6.07) is 8.94. The van der Waals surface area contributed by atoms with Crippen molar-refractivity contribution in [3.05, 3.63) is 52.8 Å². The summed E-state index contributed by atoms with van der Waals surface area (Å²) in [5.41, 5.74) is 4.20. The number of nitrogens with one attached hydrogen (secondary N) is 1. The molecule has 0 atom stereocenters. The number of nitrogens with zero attached hydrogens (tertiary/aromatic N) is 1. The lowest BCUT2D eigenvalue weighted by molar-refractivity contribution is -0.112. The Kier molecular flexibility index (Phi) is 6.58. The molecule has 2 amide bonds. The molecule has 0 spiro atoms. The van der Waals surface area contributed by atoms with Gasteiger partial charge in [0.2, 0.25) is 0 Å². The van der Waals surface area contributed by atoms with Gasteiger partial charge in [0.15, 0.2) is 0 Å². The summed E-state index contributed by atoms with van der Waals surface area (Å²) in [5.74, 6) is -0.492. The largest absolute Gasteiger partial charge is 0.474 e. The van der Waals surface area contributed by atoms with Gasteiger partial charge in [-0.25, -0.2) is 14.3 Å². The van der Waals surface area contributed by atoms with Crippen molar-refractivity contribution in [3.8, 4) is 0 Å². The van der Waals surface area contributed by atoms with Gasteiger partial charge in [-0.15, -0.1) is 0 Å². The van der Waals surface area contributed by atoms with E-state index in [-0.39, 0.29) is 13.2 Å². The van der Waals surface area contributed by atoms with Gasteiger partial charge in [0.1, 0.15) is 6.61 Å². The van der Waals surface area contributed by atoms with Crippen LogP contribution in [0.3, 0.4) is 0 Å². The monoisotopic (exact) mass is 434 g/mol. The van der Waals surface area contributed by atoms with Gasteiger partial charge in [0.25, 0.3) is 5.91 Å². The normalized spacial score (nSPS) is 15.0. The van der Waals surface area contributed by atoms with Gasteiger partial charge in [-0.05, 0) is 37.6 Å². The number of fused-ring (bicyclic) bond motifs is 1. The molecule has 0 saturated heterocycles. The average Bonchev–Trinajstić information content (AvgIpc) is 3.20. The highest BCUT2D eigenvalue weighted by Gasteiger charge is 2.37. The van der Waals surface area contributed by atoms with Gasteiger partial charge in [-0.1, -0.05) is 18.2 Å². The molecular weight excluding hydrogens is 411 g/mol. The number of ether oxygens (including phenoxy) is 1. The number of hydrogen-bond donors (Lipinski definition) is 1. The molecule has 160 valence electrons. The fourth-order valence-corrected chi connectivity index (χ4v) is 3.79. The van der Waals surface area contributed by atoms with Crippen molar-refractivity contribution >= 4 is 37.2 Å². The Bertz CT molecular complexity index is 1040. The van der Waals surface area contributed by atoms with Crippen LogP contribution in [0.1, 0.15) is 22.5 Å². The number of phosphoric acid groups is 1. The van der Waals surface area contributed by atoms with Gasteiger partial charge in [-0.3, -0.25) is 18.4 Å². The summed E-state index contributed by atoms with van der Waals surface area (Å²) >= 11 is 0. The molecule has 30 heavy (non-hydrogen) atoms. The number of H-pyrrole nitrogens is 1. The maximum Gasteiger partial charge on any atom is 0.474 e. The number of carbonyl (C=O) groups is 2. The second-order valence-electron chi connectivity index (χ2n) is 6.52. The van der Waals surface area contributed by atoms with Crippen LogP contribution in [-0.4, -0.2) is 44.4 Å². The quantitative estimate of drug-likeness (QED) is 0.398. The number of aryl methyl sites for hydroxylation is 2. The number of aromatic nitrogens is 1. The van der Waals surface area contributed by atoms with Crippen molar-refractivity contribution in [1.29, 1.82) is 0 Å². The smallest absolute Gasteiger partial charge is 0.446 e. The Labute approximate surface area is 174 Å². The number of anilines is 1. The number of imide groups is 1. The van der Waals surface area contributed by atoms with E-state index >= 15 is 0 Å². The third-order valence-electron chi connectivity index (χ3n) is 4.54. The van der Waals surface area contributed by atoms with Crippen molar-refractivity contribution in [2.45, 2.75) is 13.8 Å². The highest BCUT2D eigenvalue weighted by Crippen LogP contribution is 2.47. The first-order valence-electron chi connectivity index (χ1n) is 9.14. The number of aromatic amines is 1. The molecule has 10 heteroatoms. The molecular formula is C20H23N2O7P. The molecule has 9 nitrogen and oxygen atoms in total. The molecule has 3 rings (SSSR count). The van der Waals surface area contributed by atoms with Crippen molar-refractivity contribution in [2.24, 2.45) is 0 Å². The number of benzene rings is 1. The van der Waals surface area contributed by atoms with Crippen molar-refractivity contribution < 1.29 is 32.5 Å². The Morgan fingerprint density at radius 3 is 2.50 bits per heavy atom. The SMILES string of the molecule is COP(=O)(OC)OCCOC(=O)N1C(=O)/C(=C\c2[nH]c(C)cc2C)c2ccccc21. The predicted molar refractivity (Wildman–Crippen MR) is 111 cm³/mol. The molecule has 0 bridgehead atoms. The van der Waals surface area contributed by atoms with E-state index < -0.39 is 19.8 Å². The van der Waals surface area contributed by atoms with E-state index in [0.717, 1.165) is 21.9 Å². The van der Waals surface area contributed by atoms with Crippen LogP contribution in [0.15, 0.2) is 30.3 Å². The Morgan fingerprint density at radius 1 is 1.17 bits per heavy atom. The molecule has 1 aliphatic rings. The predicted octanol–water partition coefficient (Wildman–Crippen LogP) is 4.07. The molecule has 0 radical (unpaired) electrons. The minimum Gasteiger partial charge on any atom is -0.446 e. The van der Waals surface area contributed by atoms with Crippen LogP contribution in [0.25, 0.3) is 11.6 Å². The summed E-state index contributed by atoms with van der Waals surface area (Å²) in [6.07, 6.45) is 0.872. The lowest BCUT2D eigenvalue weighted by atomic mass is 10.1. The van der Waals surface area contributed by atoms with E-state index in [0.29, 0.717) is 16.8 Å². The number of rotatable bonds is 7. The topological polar surface area (TPSA) is 107 Å². The summed E-state index contributed by atoms with van der Waals surface area (Å²) in [4.78, 5) is 29.8. The van der Waals surface area contributed by atoms with Crippen LogP contribution in [0.4, 0.5) is 10.5 Å². The number of hydrogen-bond acceptors (Lipinski definition) is 7. The van der Waals surface area contributed by atoms with Crippen molar-refractivity contribution in [2.75, 3.05) is 32.3 Å². The van der Waals surface area contributed by atoms with E-state index in [2.05, 4.69) is 14.0 Å². The maximum absolute atomic E-state index is 13.0. The van der Waals surface area contributed by atoms with E-state index in [4.69, 9.17) is 9.26 Å². The Hall–Kier alpha value is -2.71. The van der Waals surface area contributed by atoms with E-state index in [9.17, 15) is 14.2 Å². The lowest BCUT2D eigenvalue weighted by Gasteiger charge is -2.16. The van der Waals surface area contributed by atoms with Gasteiger partial charge in [-0.2, -0.15) is 0 Å². The number of amides is 2. The molecule has 2 aromatic rings. The molecule has 0 unspecified atom stereocenters. The second kappa shape index (κ2) is 8.97. The van der Waals surface area contributed by atoms with Crippen LogP contribution in [-0.2, 0) is 27.7 Å². The van der Waals surface area contributed by atoms with Gasteiger partial charge in [0, 0.05) is 31.2 Å². The molecule has 0 fully saturated rings. The molecule has 1 aliphatic heterocycles. The van der Waals surface area contributed by atoms with E-state index in [1.807, 2.05) is 19.9 Å². The zero-order valence-electron chi connectivity index (χ0n) is 17.1. The molecule has 1 aromatic carbocycles. The van der Waals surface area contributed by atoms with Crippen LogP contribution < -0.4 is 4.90 Å². The fourth-order valence-electron chi connectivity index (χ4n) is 3.13. The van der Waals surface area contributed by atoms with Crippen molar-refractivity contribution in [1.82, 2.24) is 4.98 Å². The average molecular weight is 434 g/mol. The zero-order chi connectivity index (χ0) is 21.9. The highest BCUT2D eigenvalue weighted by molar-refractivity contribution is 7.48. The first-order chi connectivity index (χ1) is 14.3. The minimum absolute atomic E-state index is 0.224. The van der Waals surface area contributed by atoms with E-state index in [1.165, 1.54) is 14.2 Å². The summed E-state index contributed by atoms with van der Waals surface area (Å²) in [7, 11) is -1.31. The van der Waals surface area contributed by atoms with E-state index in [1.54, 1.807) is 30.3 Å². The molecule has 0 saturated carbocycles. The minimum atomic E-state index is -3.67. The fraction of sp³-hybridized carbons (Fsp3) is 0.300. The number of para-hydroxylation sites is 1. The van der Waals surface area contributed by atoms with Crippen molar-refractivity contribution in [3.63, 3.8) is 0 Å². The van der Waals surface area contributed by atoms with Crippen LogP contribution >= 0.6 is 7.82 Å². The molecule has 1 N–H and O–H groups in total. The molecule has 0 aliphatic carbocycles. The maximum atomic E-state index is 13.0. The summed E-state index contributed by atoms with van der Waals surface area (Å²) < 4.78 is 31.2.